The van der Waals surface area contributed by atoms with Gasteiger partial charge in [-0.15, -0.1) is 0 Å². The van der Waals surface area contributed by atoms with Crippen molar-refractivity contribution in [2.24, 2.45) is 11.2 Å². The first kappa shape index (κ1) is 14.5. The van der Waals surface area contributed by atoms with Crippen LogP contribution in [-0.2, 0) is 0 Å². The average molecular weight is 264 g/mol. The van der Waals surface area contributed by atoms with Gasteiger partial charge in [0.1, 0.15) is 11.5 Å². The largest absolute Gasteiger partial charge is 0.427 e. The molecule has 0 spiro atoms. The van der Waals surface area contributed by atoms with E-state index >= 15 is 0 Å². The van der Waals surface area contributed by atoms with Gasteiger partial charge in [-0.1, -0.05) is 36.4 Å². The van der Waals surface area contributed by atoms with E-state index in [2.05, 4.69) is 5.73 Å². The van der Waals surface area contributed by atoms with Gasteiger partial charge in [0.2, 0.25) is 0 Å². The second-order valence-electron chi connectivity index (χ2n) is 3.09. The van der Waals surface area contributed by atoms with Gasteiger partial charge < -0.3 is 14.8 Å². The molecule has 0 atom stereocenters. The summed E-state index contributed by atoms with van der Waals surface area (Å²) in [5.41, 5.74) is 10.3. The second-order valence-corrected chi connectivity index (χ2v) is 4.03. The highest BCUT2D eigenvalue weighted by molar-refractivity contribution is 7.45. The van der Waals surface area contributed by atoms with Gasteiger partial charge in [0.15, 0.2) is 0 Å². The molecule has 0 amide bonds. The Labute approximate surface area is 108 Å². The Hall–Kier alpha value is -1.61. The highest BCUT2D eigenvalue weighted by Crippen LogP contribution is 2.32. The lowest BCUT2D eigenvalue weighted by Crippen LogP contribution is -2.03. The van der Waals surface area contributed by atoms with E-state index in [1.807, 2.05) is 60.7 Å². The van der Waals surface area contributed by atoms with Crippen molar-refractivity contribution in [3.8, 4) is 11.5 Å². The molecule has 96 valence electrons. The fraction of sp³-hybridized carbons (Fsp3) is 0.0769. The van der Waals surface area contributed by atoms with E-state index in [0.717, 1.165) is 0 Å². The summed E-state index contributed by atoms with van der Waals surface area (Å²) in [5.74, 6) is 1.43. The number of benzene rings is 2. The second kappa shape index (κ2) is 8.48. The Balaban J connectivity index is 0.000000771. The lowest BCUT2D eigenvalue weighted by molar-refractivity contribution is 0.491. The molecule has 4 N–H and O–H groups in total. The molecule has 0 fully saturated rings. The Morgan fingerprint density at radius 2 is 1.06 bits per heavy atom. The minimum Gasteiger partial charge on any atom is -0.427 e. The number of nitrogens with two attached hydrogens (primary N) is 2. The van der Waals surface area contributed by atoms with Crippen molar-refractivity contribution in [3.63, 3.8) is 0 Å². The number of hydrogen-bond acceptors (Lipinski definition) is 4. The van der Waals surface area contributed by atoms with E-state index in [1.165, 1.54) is 7.05 Å². The van der Waals surface area contributed by atoms with Crippen molar-refractivity contribution in [2.75, 3.05) is 7.05 Å². The van der Waals surface area contributed by atoms with Crippen LogP contribution >= 0.6 is 8.53 Å². The van der Waals surface area contributed by atoms with Crippen LogP contribution in [0.4, 0.5) is 0 Å². The molecule has 2 aromatic rings. The van der Waals surface area contributed by atoms with E-state index in [1.54, 1.807) is 0 Å². The molecule has 0 bridgehead atoms. The molecular formula is C13H17N2O2P. The maximum absolute atomic E-state index is 5.76. The van der Waals surface area contributed by atoms with Crippen LogP contribution in [0.3, 0.4) is 0 Å². The molecular weight excluding hydrogens is 247 g/mol. The molecule has 4 nitrogen and oxygen atoms in total. The average Bonchev–Trinajstić information content (AvgIpc) is 2.43. The van der Waals surface area contributed by atoms with Gasteiger partial charge in [-0.3, -0.25) is 0 Å². The zero-order valence-electron chi connectivity index (χ0n) is 10.2. The molecule has 0 radical (unpaired) electrons. The maximum atomic E-state index is 5.76. The molecule has 0 aliphatic heterocycles. The zero-order chi connectivity index (χ0) is 13.2. The van der Waals surface area contributed by atoms with E-state index < -0.39 is 8.53 Å². The first-order valence-electron chi connectivity index (χ1n) is 5.43. The fourth-order valence-electron chi connectivity index (χ4n) is 1.19. The third-order valence-corrected chi connectivity index (χ3v) is 2.66. The molecule has 2 rings (SSSR count). The molecule has 0 aromatic heterocycles. The lowest BCUT2D eigenvalue weighted by Gasteiger charge is -2.13. The third-order valence-electron chi connectivity index (χ3n) is 1.88. The lowest BCUT2D eigenvalue weighted by atomic mass is 10.3. The SMILES string of the molecule is CN.NP(Oc1ccccc1)Oc1ccccc1. The topological polar surface area (TPSA) is 70.5 Å². The molecule has 2 aromatic carbocycles. The van der Waals surface area contributed by atoms with Gasteiger partial charge in [-0.05, 0) is 31.3 Å². The van der Waals surface area contributed by atoms with Crippen molar-refractivity contribution in [2.45, 2.75) is 0 Å². The van der Waals surface area contributed by atoms with E-state index in [0.29, 0.717) is 11.5 Å². The molecule has 0 saturated heterocycles. The van der Waals surface area contributed by atoms with Crippen LogP contribution in [0.5, 0.6) is 11.5 Å². The molecule has 5 heteroatoms. The van der Waals surface area contributed by atoms with Gasteiger partial charge in [0.25, 0.3) is 0 Å². The smallest absolute Gasteiger partial charge is 0.378 e. The first-order chi connectivity index (χ1) is 8.84. The Morgan fingerprint density at radius 3 is 1.39 bits per heavy atom. The molecule has 0 aliphatic rings. The summed E-state index contributed by atoms with van der Waals surface area (Å²) in [7, 11) is 0.0669. The summed E-state index contributed by atoms with van der Waals surface area (Å²) in [6.45, 7) is 0. The summed E-state index contributed by atoms with van der Waals surface area (Å²) in [5, 5.41) is 0. The van der Waals surface area contributed by atoms with Gasteiger partial charge in [-0.2, -0.15) is 0 Å². The van der Waals surface area contributed by atoms with Crippen LogP contribution in [-0.4, -0.2) is 7.05 Å². The number of rotatable bonds is 4. The monoisotopic (exact) mass is 264 g/mol. The quantitative estimate of drug-likeness (QED) is 0.833. The van der Waals surface area contributed by atoms with E-state index in [-0.39, 0.29) is 0 Å². The third kappa shape index (κ3) is 5.15. The van der Waals surface area contributed by atoms with E-state index in [4.69, 9.17) is 14.6 Å². The number of hydrogen-bond donors (Lipinski definition) is 2. The van der Waals surface area contributed by atoms with Crippen LogP contribution in [0.15, 0.2) is 60.7 Å². The van der Waals surface area contributed by atoms with Gasteiger partial charge in [0.05, 0.1) is 0 Å². The van der Waals surface area contributed by atoms with Crippen molar-refractivity contribution < 1.29 is 9.05 Å². The summed E-state index contributed by atoms with van der Waals surface area (Å²) in [4.78, 5) is 0. The highest BCUT2D eigenvalue weighted by atomic mass is 31.2. The fourth-order valence-corrected chi connectivity index (χ4v) is 1.89. The van der Waals surface area contributed by atoms with Crippen LogP contribution in [0.1, 0.15) is 0 Å². The molecule has 18 heavy (non-hydrogen) atoms. The normalized spacial score (nSPS) is 9.33. The Morgan fingerprint density at radius 1 is 0.722 bits per heavy atom. The van der Waals surface area contributed by atoms with Crippen LogP contribution < -0.4 is 20.3 Å². The molecule has 0 saturated carbocycles. The van der Waals surface area contributed by atoms with Crippen LogP contribution in [0, 0.1) is 0 Å². The number of para-hydroxylation sites is 2. The molecule has 0 heterocycles. The molecule has 0 aliphatic carbocycles. The van der Waals surface area contributed by atoms with Gasteiger partial charge in [-0.25, -0.2) is 5.50 Å². The maximum Gasteiger partial charge on any atom is 0.378 e. The summed E-state index contributed by atoms with van der Waals surface area (Å²) in [6, 6.07) is 18.8. The van der Waals surface area contributed by atoms with Gasteiger partial charge >= 0.3 is 8.53 Å². The van der Waals surface area contributed by atoms with Crippen LogP contribution in [0.2, 0.25) is 0 Å². The van der Waals surface area contributed by atoms with Crippen molar-refractivity contribution >= 4 is 8.53 Å². The van der Waals surface area contributed by atoms with Gasteiger partial charge in [0, 0.05) is 0 Å². The Bertz CT molecular complexity index is 384. The minimum absolute atomic E-state index is 0.715. The predicted octanol–water partition coefficient (Wildman–Crippen LogP) is 2.90. The standard InChI is InChI=1S/C12H12NO2P.CH5N/c13-16(14-11-7-3-1-4-8-11)15-12-9-5-2-6-10-12;1-2/h1-10H,13H2;2H2,1H3. The van der Waals surface area contributed by atoms with E-state index in [9.17, 15) is 0 Å². The summed E-state index contributed by atoms with van der Waals surface area (Å²) < 4.78 is 10.9. The predicted molar refractivity (Wildman–Crippen MR) is 75.4 cm³/mol. The van der Waals surface area contributed by atoms with Crippen LogP contribution in [0.25, 0.3) is 0 Å². The van der Waals surface area contributed by atoms with Crippen molar-refractivity contribution in [1.82, 2.24) is 0 Å². The minimum atomic E-state index is -1.43. The van der Waals surface area contributed by atoms with Crippen molar-refractivity contribution in [1.29, 1.82) is 0 Å². The highest BCUT2D eigenvalue weighted by Gasteiger charge is 2.07. The van der Waals surface area contributed by atoms with Crippen molar-refractivity contribution in [3.05, 3.63) is 60.7 Å². The molecule has 0 unspecified atom stereocenters. The summed E-state index contributed by atoms with van der Waals surface area (Å²) in [6.07, 6.45) is 0. The summed E-state index contributed by atoms with van der Waals surface area (Å²) >= 11 is 0. The first-order valence-corrected chi connectivity index (χ1v) is 6.68. The Kier molecular flexibility index (Phi) is 6.81. The zero-order valence-corrected chi connectivity index (χ0v) is 11.1.